The van der Waals surface area contributed by atoms with E-state index in [9.17, 15) is 19.2 Å². The lowest BCUT2D eigenvalue weighted by molar-refractivity contribution is 0.0552. The SMILES string of the molecule is CC(C(=O)c1c(N)n(C)c(=O)n(C)c1=O)N1CCN(C(=O)c2cccc3ccccc23)CC1. The Morgan fingerprint density at radius 2 is 1.55 bits per heavy atom. The Hall–Kier alpha value is -3.72. The van der Waals surface area contributed by atoms with Gasteiger partial charge in [-0.1, -0.05) is 36.4 Å². The van der Waals surface area contributed by atoms with Crippen LogP contribution in [0, 0.1) is 0 Å². The third-order valence-electron chi connectivity index (χ3n) is 6.50. The van der Waals surface area contributed by atoms with E-state index in [0.29, 0.717) is 31.7 Å². The van der Waals surface area contributed by atoms with Crippen LogP contribution in [-0.2, 0) is 14.1 Å². The zero-order valence-corrected chi connectivity index (χ0v) is 18.9. The van der Waals surface area contributed by atoms with E-state index >= 15 is 0 Å². The number of nitrogen functional groups attached to an aromatic ring is 1. The molecule has 1 amide bonds. The second kappa shape index (κ2) is 8.67. The van der Waals surface area contributed by atoms with E-state index in [2.05, 4.69) is 0 Å². The number of piperazine rings is 1. The normalized spacial score (nSPS) is 15.5. The number of carbonyl (C=O) groups excluding carboxylic acids is 2. The number of nitrogens with two attached hydrogens (primary N) is 1. The number of hydrogen-bond donors (Lipinski definition) is 1. The number of carbonyl (C=O) groups is 2. The Morgan fingerprint density at radius 1 is 0.909 bits per heavy atom. The molecule has 1 atom stereocenters. The number of aromatic nitrogens is 2. The van der Waals surface area contributed by atoms with Crippen molar-refractivity contribution in [3.05, 3.63) is 74.4 Å². The highest BCUT2D eigenvalue weighted by Gasteiger charge is 2.32. The summed E-state index contributed by atoms with van der Waals surface area (Å²) in [6.07, 6.45) is 0. The maximum atomic E-state index is 13.2. The number of nitrogens with zero attached hydrogens (tertiary/aromatic N) is 4. The molecule has 0 bridgehead atoms. The average Bonchev–Trinajstić information content (AvgIpc) is 2.85. The lowest BCUT2D eigenvalue weighted by Crippen LogP contribution is -2.54. The molecule has 1 aliphatic rings. The van der Waals surface area contributed by atoms with Crippen molar-refractivity contribution in [2.24, 2.45) is 14.1 Å². The van der Waals surface area contributed by atoms with Crippen molar-refractivity contribution < 1.29 is 9.59 Å². The van der Waals surface area contributed by atoms with Gasteiger partial charge in [0.2, 0.25) is 0 Å². The van der Waals surface area contributed by atoms with Crippen LogP contribution >= 0.6 is 0 Å². The summed E-state index contributed by atoms with van der Waals surface area (Å²) in [5, 5.41) is 1.93. The largest absolute Gasteiger partial charge is 0.384 e. The molecule has 1 unspecified atom stereocenters. The molecular formula is C24H27N5O4. The molecule has 0 radical (unpaired) electrons. The summed E-state index contributed by atoms with van der Waals surface area (Å²) >= 11 is 0. The topological polar surface area (TPSA) is 111 Å². The first-order chi connectivity index (χ1) is 15.7. The minimum atomic E-state index is -0.697. The van der Waals surface area contributed by atoms with E-state index in [-0.39, 0.29) is 17.3 Å². The maximum absolute atomic E-state index is 13.2. The first-order valence-corrected chi connectivity index (χ1v) is 10.8. The van der Waals surface area contributed by atoms with Gasteiger partial charge >= 0.3 is 5.69 Å². The Kier molecular flexibility index (Phi) is 5.90. The van der Waals surface area contributed by atoms with E-state index in [1.165, 1.54) is 14.1 Å². The van der Waals surface area contributed by atoms with Gasteiger partial charge in [-0.2, -0.15) is 0 Å². The van der Waals surface area contributed by atoms with E-state index in [1.54, 1.807) is 11.8 Å². The molecule has 2 heterocycles. The summed E-state index contributed by atoms with van der Waals surface area (Å²) in [6.45, 7) is 3.60. The first-order valence-electron chi connectivity index (χ1n) is 10.8. The van der Waals surface area contributed by atoms with Crippen molar-refractivity contribution in [1.29, 1.82) is 0 Å². The summed E-state index contributed by atoms with van der Waals surface area (Å²) in [7, 11) is 2.75. The van der Waals surface area contributed by atoms with Gasteiger partial charge < -0.3 is 10.6 Å². The zero-order valence-electron chi connectivity index (χ0n) is 18.9. The molecule has 9 heteroatoms. The highest BCUT2D eigenvalue weighted by Crippen LogP contribution is 2.21. The summed E-state index contributed by atoms with van der Waals surface area (Å²) in [6, 6.07) is 12.9. The second-order valence-electron chi connectivity index (χ2n) is 8.36. The van der Waals surface area contributed by atoms with Crippen LogP contribution in [0.25, 0.3) is 10.8 Å². The molecule has 2 aromatic carbocycles. The monoisotopic (exact) mass is 449 g/mol. The predicted molar refractivity (Wildman–Crippen MR) is 127 cm³/mol. The zero-order chi connectivity index (χ0) is 23.9. The molecule has 1 aliphatic heterocycles. The third kappa shape index (κ3) is 3.84. The Labute approximate surface area is 190 Å². The second-order valence-corrected chi connectivity index (χ2v) is 8.36. The molecule has 4 rings (SSSR count). The van der Waals surface area contributed by atoms with Gasteiger partial charge in [0.1, 0.15) is 11.4 Å². The van der Waals surface area contributed by atoms with E-state index < -0.39 is 23.1 Å². The summed E-state index contributed by atoms with van der Waals surface area (Å²) in [5.41, 5.74) is 5.15. The molecule has 2 N–H and O–H groups in total. The summed E-state index contributed by atoms with van der Waals surface area (Å²) in [5.74, 6) is -0.608. The van der Waals surface area contributed by atoms with Crippen molar-refractivity contribution in [2.45, 2.75) is 13.0 Å². The number of benzene rings is 2. The van der Waals surface area contributed by atoms with E-state index in [0.717, 1.165) is 19.9 Å². The highest BCUT2D eigenvalue weighted by molar-refractivity contribution is 6.07. The molecule has 1 saturated heterocycles. The smallest absolute Gasteiger partial charge is 0.332 e. The van der Waals surface area contributed by atoms with E-state index in [4.69, 9.17) is 5.73 Å². The lowest BCUT2D eigenvalue weighted by atomic mass is 10.0. The summed E-state index contributed by atoms with van der Waals surface area (Å²) in [4.78, 5) is 54.7. The van der Waals surface area contributed by atoms with Gasteiger partial charge in [-0.15, -0.1) is 0 Å². The van der Waals surface area contributed by atoms with Crippen LogP contribution in [0.3, 0.4) is 0 Å². The number of amides is 1. The van der Waals surface area contributed by atoms with Crippen LogP contribution in [0.5, 0.6) is 0 Å². The molecule has 0 spiro atoms. The van der Waals surface area contributed by atoms with Crippen LogP contribution in [0.1, 0.15) is 27.6 Å². The third-order valence-corrected chi connectivity index (χ3v) is 6.50. The van der Waals surface area contributed by atoms with Gasteiger partial charge in [-0.25, -0.2) is 4.79 Å². The Morgan fingerprint density at radius 3 is 2.24 bits per heavy atom. The van der Waals surface area contributed by atoms with Gasteiger partial charge in [0.15, 0.2) is 5.78 Å². The fourth-order valence-corrected chi connectivity index (χ4v) is 4.36. The van der Waals surface area contributed by atoms with Crippen molar-refractivity contribution in [3.8, 4) is 0 Å². The minimum absolute atomic E-state index is 0.0402. The first kappa shape index (κ1) is 22.5. The van der Waals surface area contributed by atoms with Crippen molar-refractivity contribution in [2.75, 3.05) is 31.9 Å². The fourth-order valence-electron chi connectivity index (χ4n) is 4.36. The van der Waals surface area contributed by atoms with Crippen LogP contribution in [-0.4, -0.2) is 62.8 Å². The van der Waals surface area contributed by atoms with Gasteiger partial charge in [0.05, 0.1) is 6.04 Å². The quantitative estimate of drug-likeness (QED) is 0.591. The Bertz CT molecular complexity index is 1360. The molecule has 1 fully saturated rings. The van der Waals surface area contributed by atoms with Crippen LogP contribution in [0.2, 0.25) is 0 Å². The van der Waals surface area contributed by atoms with Gasteiger partial charge in [0.25, 0.3) is 11.5 Å². The fraction of sp³-hybridized carbons (Fsp3) is 0.333. The van der Waals surface area contributed by atoms with Gasteiger partial charge in [-0.3, -0.25) is 28.4 Å². The Balaban J connectivity index is 1.50. The van der Waals surface area contributed by atoms with Crippen molar-refractivity contribution in [3.63, 3.8) is 0 Å². The maximum Gasteiger partial charge on any atom is 0.332 e. The molecule has 172 valence electrons. The predicted octanol–water partition coefficient (Wildman–Crippen LogP) is 0.849. The molecule has 1 aromatic heterocycles. The molecule has 33 heavy (non-hydrogen) atoms. The van der Waals surface area contributed by atoms with Crippen molar-refractivity contribution >= 4 is 28.3 Å². The van der Waals surface area contributed by atoms with Crippen LogP contribution < -0.4 is 17.0 Å². The number of Topliss-reactive ketones (excluding diaryl/α,β-unsaturated/α-hetero) is 1. The molecule has 0 saturated carbocycles. The molecule has 0 aliphatic carbocycles. The van der Waals surface area contributed by atoms with Gasteiger partial charge in [0, 0.05) is 45.8 Å². The number of fused-ring (bicyclic) bond motifs is 1. The number of anilines is 1. The lowest BCUT2D eigenvalue weighted by Gasteiger charge is -2.37. The average molecular weight is 450 g/mol. The van der Waals surface area contributed by atoms with Crippen LogP contribution in [0.15, 0.2) is 52.1 Å². The van der Waals surface area contributed by atoms with Gasteiger partial charge in [-0.05, 0) is 23.8 Å². The van der Waals surface area contributed by atoms with Crippen LogP contribution in [0.4, 0.5) is 5.82 Å². The number of rotatable bonds is 4. The summed E-state index contributed by atoms with van der Waals surface area (Å²) < 4.78 is 1.99. The minimum Gasteiger partial charge on any atom is -0.384 e. The standard InChI is InChI=1S/C24H27N5O4/c1-15(20(30)19-21(25)26(2)24(33)27(3)23(19)32)28-11-13-29(14-12-28)22(31)18-10-6-8-16-7-4-5-9-17(16)18/h4-10,15H,11-14,25H2,1-3H3. The molecule has 3 aromatic rings. The number of ketones is 1. The van der Waals surface area contributed by atoms with Crippen molar-refractivity contribution in [1.82, 2.24) is 18.9 Å². The molecular weight excluding hydrogens is 422 g/mol. The van der Waals surface area contributed by atoms with E-state index in [1.807, 2.05) is 47.4 Å². The highest BCUT2D eigenvalue weighted by atomic mass is 16.2. The molecule has 9 nitrogen and oxygen atoms in total. The number of hydrogen-bond acceptors (Lipinski definition) is 6.